The van der Waals surface area contributed by atoms with Crippen molar-refractivity contribution in [3.05, 3.63) is 34.8 Å². The summed E-state index contributed by atoms with van der Waals surface area (Å²) >= 11 is 0. The molecule has 2 nitrogen and oxygen atoms in total. The smallest absolute Gasteiger partial charge is 0.127 e. The van der Waals surface area contributed by atoms with E-state index in [1.165, 1.54) is 13.8 Å². The van der Waals surface area contributed by atoms with Crippen LogP contribution in [-0.2, 0) is 6.42 Å². The van der Waals surface area contributed by atoms with Gasteiger partial charge in [0.05, 0.1) is 4.11 Å². The van der Waals surface area contributed by atoms with Gasteiger partial charge in [-0.3, -0.25) is 0 Å². The van der Waals surface area contributed by atoms with Crippen molar-refractivity contribution in [2.75, 3.05) is 0 Å². The molecule has 1 N–H and O–H groups in total. The molecule has 2 aliphatic rings. The predicted molar refractivity (Wildman–Crippen MR) is 95.3 cm³/mol. The van der Waals surface area contributed by atoms with E-state index in [1.54, 1.807) is 0 Å². The maximum atomic E-state index is 11.0. The van der Waals surface area contributed by atoms with Crippen molar-refractivity contribution in [2.24, 2.45) is 5.89 Å². The third-order valence-corrected chi connectivity index (χ3v) is 4.21. The summed E-state index contributed by atoms with van der Waals surface area (Å²) in [4.78, 5) is 0. The Balaban J connectivity index is 2.47. The molecule has 126 valence electrons. The van der Waals surface area contributed by atoms with Gasteiger partial charge >= 0.3 is 0 Å². The Morgan fingerprint density at radius 2 is 2.30 bits per heavy atom. The molecule has 0 radical (unpaired) electrons. The summed E-state index contributed by atoms with van der Waals surface area (Å²) < 4.78 is 91.0. The molecule has 0 bridgehead atoms. The Labute approximate surface area is 154 Å². The van der Waals surface area contributed by atoms with E-state index in [2.05, 4.69) is 0 Å². The number of hydrogen-bond acceptors (Lipinski definition) is 2. The van der Waals surface area contributed by atoms with Crippen molar-refractivity contribution in [1.82, 2.24) is 0 Å². The molecule has 23 heavy (non-hydrogen) atoms. The van der Waals surface area contributed by atoms with Gasteiger partial charge in [0.2, 0.25) is 0 Å². The average Bonchev–Trinajstić information content (AvgIpc) is 2.68. The van der Waals surface area contributed by atoms with Crippen LogP contribution in [0, 0.1) is 5.89 Å². The number of ether oxygens (including phenoxy) is 1. The second-order valence-corrected chi connectivity index (χ2v) is 6.56. The van der Waals surface area contributed by atoms with Crippen LogP contribution in [0.3, 0.4) is 0 Å². The van der Waals surface area contributed by atoms with Gasteiger partial charge in [0, 0.05) is 26.9 Å². The molecular weight excluding hydrogens is 284 g/mol. The molecule has 0 saturated heterocycles. The van der Waals surface area contributed by atoms with Gasteiger partial charge in [-0.1, -0.05) is 31.4 Å². The molecule has 0 aromatic heterocycles. The fourth-order valence-electron chi connectivity index (χ4n) is 3.06. The first-order valence-electron chi connectivity index (χ1n) is 13.1. The van der Waals surface area contributed by atoms with Crippen LogP contribution < -0.4 is 4.74 Å². The van der Waals surface area contributed by atoms with Crippen molar-refractivity contribution in [2.45, 2.75) is 77.6 Å². The highest BCUT2D eigenvalue weighted by Gasteiger charge is 2.45. The topological polar surface area (TPSA) is 29.5 Å². The number of aromatic hydroxyl groups is 1. The molecule has 3 rings (SSSR count). The Morgan fingerprint density at radius 1 is 1.48 bits per heavy atom. The quantitative estimate of drug-likeness (QED) is 0.565. The lowest BCUT2D eigenvalue weighted by molar-refractivity contribution is 0.0107. The van der Waals surface area contributed by atoms with E-state index >= 15 is 0 Å². The van der Waals surface area contributed by atoms with E-state index in [9.17, 15) is 7.85 Å². The summed E-state index contributed by atoms with van der Waals surface area (Å²) in [6, 6.07) is -1.53. The highest BCUT2D eigenvalue weighted by molar-refractivity contribution is 5.53. The molecule has 1 aromatic rings. The SMILES string of the molecule is [2H]C1=C(C([2H])([2H])[2H])CC([2H])([2H])[C@@]2([2H])C(C)(C)Oc3c([2H])c(CCCCC)c([2H])c(O)c3[C@]12[2H]. The van der Waals surface area contributed by atoms with Crippen LogP contribution in [0.5, 0.6) is 11.5 Å². The van der Waals surface area contributed by atoms with E-state index in [-0.39, 0.29) is 17.4 Å². The van der Waals surface area contributed by atoms with Gasteiger partial charge in [0.25, 0.3) is 0 Å². The van der Waals surface area contributed by atoms with Crippen LogP contribution in [0.1, 0.15) is 90.4 Å². The minimum atomic E-state index is -2.90. The van der Waals surface area contributed by atoms with Crippen molar-refractivity contribution >= 4 is 0 Å². The molecule has 0 fully saturated rings. The highest BCUT2D eigenvalue weighted by Crippen LogP contribution is 2.53. The summed E-state index contributed by atoms with van der Waals surface area (Å²) in [6.45, 7) is 1.85. The lowest BCUT2D eigenvalue weighted by atomic mass is 9.68. The molecule has 0 saturated carbocycles. The molecule has 1 heterocycles. The van der Waals surface area contributed by atoms with Crippen LogP contribution in [0.25, 0.3) is 0 Å². The maximum absolute atomic E-state index is 11.0. The van der Waals surface area contributed by atoms with Crippen LogP contribution in [0.2, 0.25) is 0 Å². The Bertz CT molecular complexity index is 1010. The molecule has 1 aromatic carbocycles. The monoisotopic (exact) mass is 324 g/mol. The zero-order chi connectivity index (χ0) is 25.4. The molecule has 1 aliphatic heterocycles. The van der Waals surface area contributed by atoms with Crippen LogP contribution >= 0.6 is 0 Å². The standard InChI is InChI=1S/C21H30O2/c1-5-6-7-8-15-12-18(22)20-16-11-14(2)9-10-17(16)21(3,4)23-19(20)13-15/h11-13,16-17,22H,5-10H2,1-4H3/t16-,17-/m1/s1/i2D3,10D2,11D,12D,13D,16D,17D. The van der Waals surface area contributed by atoms with Crippen molar-refractivity contribution in [1.29, 1.82) is 0 Å². The number of phenols is 1. The fraction of sp³-hybridized carbons (Fsp3) is 0.619. The summed E-state index contributed by atoms with van der Waals surface area (Å²) in [5, 5.41) is 11.0. The van der Waals surface area contributed by atoms with E-state index in [1.807, 2.05) is 6.92 Å². The minimum Gasteiger partial charge on any atom is -0.507 e. The van der Waals surface area contributed by atoms with Crippen LogP contribution in [0.4, 0.5) is 0 Å². The second-order valence-electron chi connectivity index (χ2n) is 6.56. The van der Waals surface area contributed by atoms with Gasteiger partial charge in [0.1, 0.15) is 17.1 Å². The Hall–Kier alpha value is -1.44. The molecule has 0 spiro atoms. The Kier molecular flexibility index (Phi) is 2.19. The van der Waals surface area contributed by atoms with Gasteiger partial charge in [-0.05, 0) is 64.0 Å². The number of hydrogen-bond donors (Lipinski definition) is 1. The van der Waals surface area contributed by atoms with Gasteiger partial charge in [-0.2, -0.15) is 0 Å². The molecule has 2 atom stereocenters. The lowest BCUT2D eigenvalue weighted by Gasteiger charge is -2.46. The zero-order valence-corrected chi connectivity index (χ0v) is 13.9. The lowest BCUT2D eigenvalue weighted by Crippen LogP contribution is -2.45. The number of benzene rings is 1. The van der Waals surface area contributed by atoms with Gasteiger partial charge < -0.3 is 9.84 Å². The molecule has 0 amide bonds. The van der Waals surface area contributed by atoms with Crippen LogP contribution in [-0.4, -0.2) is 10.7 Å². The fourth-order valence-corrected chi connectivity index (χ4v) is 3.06. The van der Waals surface area contributed by atoms with Crippen molar-refractivity contribution in [3.63, 3.8) is 0 Å². The first-order chi connectivity index (χ1) is 14.9. The largest absolute Gasteiger partial charge is 0.507 e. The summed E-state index contributed by atoms with van der Waals surface area (Å²) in [7, 11) is 0. The Morgan fingerprint density at radius 3 is 3.04 bits per heavy atom. The third-order valence-electron chi connectivity index (χ3n) is 4.21. The first-order valence-corrected chi connectivity index (χ1v) is 8.15. The number of unbranched alkanes of at least 4 members (excludes halogenated alkanes) is 2. The molecular formula is C21H30O2. The van der Waals surface area contributed by atoms with E-state index in [4.69, 9.17) is 15.7 Å². The normalized spacial score (nSPS) is 41.0. The van der Waals surface area contributed by atoms with Crippen molar-refractivity contribution in [3.8, 4) is 11.5 Å². The third kappa shape index (κ3) is 3.13. The van der Waals surface area contributed by atoms with E-state index in [0.717, 1.165) is 12.8 Å². The highest BCUT2D eigenvalue weighted by atomic mass is 16.5. The number of phenolic OH excluding ortho intramolecular Hbond substituents is 1. The average molecular weight is 325 g/mol. The van der Waals surface area contributed by atoms with Gasteiger partial charge in [0.15, 0.2) is 0 Å². The van der Waals surface area contributed by atoms with Crippen molar-refractivity contribution < 1.29 is 23.6 Å². The molecule has 1 aliphatic carbocycles. The number of allylic oxidation sites excluding steroid dienone is 2. The first kappa shape index (κ1) is 8.09. The maximum Gasteiger partial charge on any atom is 0.127 e. The summed E-state index contributed by atoms with van der Waals surface area (Å²) in [5.41, 5.74) is -2.74. The van der Waals surface area contributed by atoms with E-state index in [0.29, 0.717) is 12.8 Å². The van der Waals surface area contributed by atoms with Gasteiger partial charge in [-0.25, -0.2) is 0 Å². The molecule has 2 heteroatoms. The van der Waals surface area contributed by atoms with Crippen LogP contribution in [0.15, 0.2) is 23.7 Å². The summed E-state index contributed by atoms with van der Waals surface area (Å²) in [5.74, 6) is -6.37. The minimum absolute atomic E-state index is 0.196. The molecule has 0 unspecified atom stereocenters. The van der Waals surface area contributed by atoms with E-state index < -0.39 is 66.0 Å². The number of rotatable bonds is 4. The second kappa shape index (κ2) is 6.22. The predicted octanol–water partition coefficient (Wildman–Crippen LogP) is 5.74. The zero-order valence-electron chi connectivity index (χ0n) is 23.9. The number of fused-ring (bicyclic) bond motifs is 3. The van der Waals surface area contributed by atoms with Gasteiger partial charge in [-0.15, -0.1) is 0 Å². The summed E-state index contributed by atoms with van der Waals surface area (Å²) in [6.07, 6.45) is -0.716.